The zero-order chi connectivity index (χ0) is 33.4. The van der Waals surface area contributed by atoms with E-state index in [2.05, 4.69) is 13.8 Å². The van der Waals surface area contributed by atoms with Crippen LogP contribution in [0.25, 0.3) is 0 Å². The highest BCUT2D eigenvalue weighted by Crippen LogP contribution is 2.15. The van der Waals surface area contributed by atoms with Gasteiger partial charge in [0.2, 0.25) is 0 Å². The van der Waals surface area contributed by atoms with Crippen molar-refractivity contribution in [2.75, 3.05) is 13.2 Å². The van der Waals surface area contributed by atoms with Crippen LogP contribution in [0, 0.1) is 0 Å². The van der Waals surface area contributed by atoms with Crippen LogP contribution in [0.1, 0.15) is 245 Å². The molecule has 0 aromatic heterocycles. The molecule has 4 heteroatoms. The molecule has 0 saturated heterocycles. The second kappa shape index (κ2) is 40.1. The Morgan fingerprint density at radius 2 is 0.478 bits per heavy atom. The van der Waals surface area contributed by atoms with Crippen LogP contribution in [-0.4, -0.2) is 25.2 Å². The van der Waals surface area contributed by atoms with Crippen LogP contribution < -0.4 is 0 Å². The molecule has 46 heavy (non-hydrogen) atoms. The fraction of sp³-hybridized carbons (Fsp3) is 0.952. The molecule has 0 unspecified atom stereocenters. The molecule has 0 saturated carbocycles. The Labute approximate surface area is 288 Å². The molecule has 0 aromatic rings. The Bertz CT molecular complexity index is 552. The van der Waals surface area contributed by atoms with Crippen LogP contribution >= 0.6 is 0 Å². The number of hydrogen-bond donors (Lipinski definition) is 0. The zero-order valence-corrected chi connectivity index (χ0v) is 31.5. The summed E-state index contributed by atoms with van der Waals surface area (Å²) in [7, 11) is 0. The van der Waals surface area contributed by atoms with Crippen molar-refractivity contribution in [2.45, 2.75) is 245 Å². The van der Waals surface area contributed by atoms with Gasteiger partial charge in [0.15, 0.2) is 0 Å². The Balaban J connectivity index is 3.23. The van der Waals surface area contributed by atoms with E-state index >= 15 is 0 Å². The summed E-state index contributed by atoms with van der Waals surface area (Å²) < 4.78 is 10.8. The highest BCUT2D eigenvalue weighted by molar-refractivity contribution is 5.69. The molecule has 4 nitrogen and oxygen atoms in total. The van der Waals surface area contributed by atoms with Crippen molar-refractivity contribution in [3.05, 3.63) is 0 Å². The third kappa shape index (κ3) is 39.1. The molecule has 0 radical (unpaired) electrons. The maximum atomic E-state index is 12.0. The molecule has 0 aliphatic carbocycles. The average molecular weight is 651 g/mol. The molecule has 0 aliphatic heterocycles. The summed E-state index contributed by atoms with van der Waals surface area (Å²) in [5, 5.41) is 0. The summed E-state index contributed by atoms with van der Waals surface area (Å²) in [6.07, 6.45) is 44.9. The number of esters is 2. The molecule has 0 rings (SSSR count). The van der Waals surface area contributed by atoms with E-state index in [1.165, 1.54) is 154 Å². The van der Waals surface area contributed by atoms with Gasteiger partial charge in [-0.1, -0.05) is 206 Å². The Kier molecular flexibility index (Phi) is 39.2. The van der Waals surface area contributed by atoms with Gasteiger partial charge in [-0.3, -0.25) is 9.59 Å². The molecular weight excluding hydrogens is 568 g/mol. The van der Waals surface area contributed by atoms with Gasteiger partial charge in [-0.15, -0.1) is 0 Å². The van der Waals surface area contributed by atoms with Gasteiger partial charge in [-0.25, -0.2) is 0 Å². The minimum Gasteiger partial charge on any atom is -0.466 e. The monoisotopic (exact) mass is 651 g/mol. The highest BCUT2D eigenvalue weighted by Gasteiger charge is 2.04. The minimum absolute atomic E-state index is 0.0187. The van der Waals surface area contributed by atoms with Crippen LogP contribution in [0.2, 0.25) is 0 Å². The minimum atomic E-state index is -0.0187. The van der Waals surface area contributed by atoms with Gasteiger partial charge in [0, 0.05) is 12.8 Å². The van der Waals surface area contributed by atoms with E-state index in [0.717, 1.165) is 64.2 Å². The fourth-order valence-electron chi connectivity index (χ4n) is 6.36. The highest BCUT2D eigenvalue weighted by atomic mass is 16.5. The van der Waals surface area contributed by atoms with E-state index in [4.69, 9.17) is 9.47 Å². The maximum Gasteiger partial charge on any atom is 0.305 e. The lowest BCUT2D eigenvalue weighted by molar-refractivity contribution is -0.144. The van der Waals surface area contributed by atoms with E-state index in [0.29, 0.717) is 26.1 Å². The number of carbonyl (C=O) groups excluding carboxylic acids is 2. The van der Waals surface area contributed by atoms with Gasteiger partial charge in [0.1, 0.15) is 0 Å². The molecular formula is C42H82O4. The van der Waals surface area contributed by atoms with E-state index in [-0.39, 0.29) is 11.9 Å². The second-order valence-corrected chi connectivity index (χ2v) is 14.3. The van der Waals surface area contributed by atoms with Crippen molar-refractivity contribution in [1.82, 2.24) is 0 Å². The van der Waals surface area contributed by atoms with Gasteiger partial charge in [-0.2, -0.15) is 0 Å². The van der Waals surface area contributed by atoms with Gasteiger partial charge < -0.3 is 9.47 Å². The van der Waals surface area contributed by atoms with Crippen molar-refractivity contribution in [1.29, 1.82) is 0 Å². The molecule has 0 bridgehead atoms. The average Bonchev–Trinajstić information content (AvgIpc) is 3.05. The molecule has 0 atom stereocenters. The SMILES string of the molecule is CCCCCCCCCCCCCCCCC(=O)OCCCCCCCCOC(=O)CCCCCCCCCCCCCCCC. The second-order valence-electron chi connectivity index (χ2n) is 14.3. The first-order valence-corrected chi connectivity index (χ1v) is 21.0. The summed E-state index contributed by atoms with van der Waals surface area (Å²) in [6, 6.07) is 0. The Morgan fingerprint density at radius 3 is 0.717 bits per heavy atom. The summed E-state index contributed by atoms with van der Waals surface area (Å²) in [6.45, 7) is 5.69. The van der Waals surface area contributed by atoms with Gasteiger partial charge in [-0.05, 0) is 25.7 Å². The first-order valence-electron chi connectivity index (χ1n) is 21.0. The predicted octanol–water partition coefficient (Wildman–Crippen LogP) is 14.2. The molecule has 0 heterocycles. The Hall–Kier alpha value is -1.06. The van der Waals surface area contributed by atoms with Gasteiger partial charge >= 0.3 is 11.9 Å². The Morgan fingerprint density at radius 1 is 0.283 bits per heavy atom. The number of unbranched alkanes of at least 4 members (excludes halogenated alkanes) is 31. The van der Waals surface area contributed by atoms with Gasteiger partial charge in [0.05, 0.1) is 13.2 Å². The third-order valence-electron chi connectivity index (χ3n) is 9.53. The van der Waals surface area contributed by atoms with Crippen molar-refractivity contribution in [2.24, 2.45) is 0 Å². The van der Waals surface area contributed by atoms with Crippen LogP contribution in [0.5, 0.6) is 0 Å². The molecule has 0 aliphatic rings. The largest absolute Gasteiger partial charge is 0.466 e. The molecule has 0 N–H and O–H groups in total. The van der Waals surface area contributed by atoms with Crippen molar-refractivity contribution in [3.8, 4) is 0 Å². The molecule has 0 amide bonds. The van der Waals surface area contributed by atoms with Crippen LogP contribution in [0.15, 0.2) is 0 Å². The lowest BCUT2D eigenvalue weighted by Crippen LogP contribution is -2.06. The standard InChI is InChI=1S/C42H82O4/c1-3-5-7-9-11-13-15-17-19-21-23-25-29-33-37-41(43)45-39-35-31-27-28-32-36-40-46-42(44)38-34-30-26-24-22-20-18-16-14-12-10-8-6-4-2/h3-40H2,1-2H3. The molecule has 274 valence electrons. The lowest BCUT2D eigenvalue weighted by Gasteiger charge is -2.06. The quantitative estimate of drug-likeness (QED) is 0.0490. The van der Waals surface area contributed by atoms with Crippen LogP contribution in [0.4, 0.5) is 0 Å². The third-order valence-corrected chi connectivity index (χ3v) is 9.53. The van der Waals surface area contributed by atoms with E-state index in [1.54, 1.807) is 0 Å². The first-order chi connectivity index (χ1) is 22.7. The topological polar surface area (TPSA) is 52.6 Å². The summed E-state index contributed by atoms with van der Waals surface area (Å²) >= 11 is 0. The maximum absolute atomic E-state index is 12.0. The predicted molar refractivity (Wildman–Crippen MR) is 199 cm³/mol. The van der Waals surface area contributed by atoms with Crippen molar-refractivity contribution in [3.63, 3.8) is 0 Å². The van der Waals surface area contributed by atoms with Crippen molar-refractivity contribution >= 4 is 11.9 Å². The number of rotatable bonds is 39. The van der Waals surface area contributed by atoms with E-state index in [1.807, 2.05) is 0 Å². The smallest absolute Gasteiger partial charge is 0.305 e. The number of hydrogen-bond acceptors (Lipinski definition) is 4. The molecule has 0 spiro atoms. The summed E-state index contributed by atoms with van der Waals surface area (Å²) in [5.41, 5.74) is 0. The van der Waals surface area contributed by atoms with Crippen molar-refractivity contribution < 1.29 is 19.1 Å². The first kappa shape index (κ1) is 44.9. The summed E-state index contributed by atoms with van der Waals surface area (Å²) in [5.74, 6) is -0.0373. The molecule has 0 aromatic carbocycles. The lowest BCUT2D eigenvalue weighted by atomic mass is 10.0. The van der Waals surface area contributed by atoms with E-state index < -0.39 is 0 Å². The fourth-order valence-corrected chi connectivity index (χ4v) is 6.36. The summed E-state index contributed by atoms with van der Waals surface area (Å²) in [4.78, 5) is 23.9. The van der Waals surface area contributed by atoms with Crippen LogP contribution in [-0.2, 0) is 19.1 Å². The van der Waals surface area contributed by atoms with Crippen LogP contribution in [0.3, 0.4) is 0 Å². The molecule has 0 fully saturated rings. The normalized spacial score (nSPS) is 11.3. The number of ether oxygens (including phenoxy) is 2. The zero-order valence-electron chi connectivity index (χ0n) is 31.5. The van der Waals surface area contributed by atoms with Gasteiger partial charge in [0.25, 0.3) is 0 Å². The number of carbonyl (C=O) groups is 2. The van der Waals surface area contributed by atoms with E-state index in [9.17, 15) is 9.59 Å².